The summed E-state index contributed by atoms with van der Waals surface area (Å²) in [6.45, 7) is 8.71. The first-order chi connectivity index (χ1) is 11.3. The minimum Gasteiger partial charge on any atom is -0.455 e. The Labute approximate surface area is 142 Å². The molecule has 5 heteroatoms. The highest BCUT2D eigenvalue weighted by Gasteiger charge is 2.64. The van der Waals surface area contributed by atoms with E-state index in [0.29, 0.717) is 29.2 Å². The van der Waals surface area contributed by atoms with Gasteiger partial charge >= 0.3 is 5.97 Å². The number of hydrogen-bond donors (Lipinski definition) is 0. The standard InChI is InChI=1S/C19H25NO4/c1-11(2)19(16-9-12(16)3,17-10-13(17)4)24-18(21)14-5-7-15(8-6-14)20(22)23/h5-8,11-13,16-17H,9-10H2,1-4H3. The van der Waals surface area contributed by atoms with Crippen LogP contribution in [0.4, 0.5) is 5.69 Å². The zero-order chi connectivity index (χ0) is 17.6. The lowest BCUT2D eigenvalue weighted by Crippen LogP contribution is -2.46. The number of carbonyl (C=O) groups excluding carboxylic acids is 1. The van der Waals surface area contributed by atoms with E-state index < -0.39 is 10.5 Å². The highest BCUT2D eigenvalue weighted by molar-refractivity contribution is 5.90. The Bertz CT molecular complexity index is 636. The molecule has 2 aliphatic carbocycles. The lowest BCUT2D eigenvalue weighted by molar-refractivity contribution is -0.384. The first-order valence-electron chi connectivity index (χ1n) is 8.75. The van der Waals surface area contributed by atoms with E-state index in [0.717, 1.165) is 12.8 Å². The van der Waals surface area contributed by atoms with Crippen LogP contribution in [-0.2, 0) is 4.74 Å². The Morgan fingerprint density at radius 2 is 1.62 bits per heavy atom. The molecule has 1 aromatic rings. The van der Waals surface area contributed by atoms with Crippen LogP contribution in [0.5, 0.6) is 0 Å². The fourth-order valence-corrected chi connectivity index (χ4v) is 4.24. The number of esters is 1. The minimum absolute atomic E-state index is 0.0201. The monoisotopic (exact) mass is 331 g/mol. The van der Waals surface area contributed by atoms with Crippen molar-refractivity contribution in [3.05, 3.63) is 39.9 Å². The maximum atomic E-state index is 12.7. The summed E-state index contributed by atoms with van der Waals surface area (Å²) in [5.41, 5.74) is -0.0435. The summed E-state index contributed by atoms with van der Waals surface area (Å²) in [6.07, 6.45) is 2.21. The summed E-state index contributed by atoms with van der Waals surface area (Å²) >= 11 is 0. The summed E-state index contributed by atoms with van der Waals surface area (Å²) in [5, 5.41) is 10.8. The second-order valence-corrected chi connectivity index (χ2v) is 7.84. The molecule has 2 fully saturated rings. The van der Waals surface area contributed by atoms with Crippen molar-refractivity contribution in [2.45, 2.75) is 46.1 Å². The van der Waals surface area contributed by atoms with E-state index >= 15 is 0 Å². The molecule has 4 unspecified atom stereocenters. The molecule has 0 saturated heterocycles. The number of rotatable bonds is 6. The quantitative estimate of drug-likeness (QED) is 0.438. The molecule has 0 amide bonds. The molecule has 2 saturated carbocycles. The predicted octanol–water partition coefficient (Wildman–Crippen LogP) is 4.46. The van der Waals surface area contributed by atoms with Crippen molar-refractivity contribution in [1.29, 1.82) is 0 Å². The molecule has 0 aliphatic heterocycles. The maximum absolute atomic E-state index is 12.7. The van der Waals surface area contributed by atoms with E-state index in [1.807, 2.05) is 0 Å². The fourth-order valence-electron chi connectivity index (χ4n) is 4.24. The number of ether oxygens (including phenoxy) is 1. The smallest absolute Gasteiger partial charge is 0.338 e. The Morgan fingerprint density at radius 1 is 1.17 bits per heavy atom. The molecule has 5 nitrogen and oxygen atoms in total. The number of hydrogen-bond acceptors (Lipinski definition) is 4. The van der Waals surface area contributed by atoms with Gasteiger partial charge in [-0.05, 0) is 42.7 Å². The van der Waals surface area contributed by atoms with Gasteiger partial charge in [-0.1, -0.05) is 27.7 Å². The number of nitrogens with zero attached hydrogens (tertiary/aromatic N) is 1. The molecule has 0 spiro atoms. The van der Waals surface area contributed by atoms with Crippen molar-refractivity contribution in [2.24, 2.45) is 29.6 Å². The van der Waals surface area contributed by atoms with Gasteiger partial charge in [-0.3, -0.25) is 10.1 Å². The van der Waals surface area contributed by atoms with Crippen LogP contribution in [0.3, 0.4) is 0 Å². The van der Waals surface area contributed by atoms with Crippen molar-refractivity contribution in [2.75, 3.05) is 0 Å². The molecule has 130 valence electrons. The van der Waals surface area contributed by atoms with Crippen LogP contribution in [0.2, 0.25) is 0 Å². The summed E-state index contributed by atoms with van der Waals surface area (Å²) in [6, 6.07) is 5.68. The molecule has 0 radical (unpaired) electrons. The summed E-state index contributed by atoms with van der Waals surface area (Å²) < 4.78 is 6.17. The predicted molar refractivity (Wildman–Crippen MR) is 90.6 cm³/mol. The lowest BCUT2D eigenvalue weighted by Gasteiger charge is -2.39. The third-order valence-corrected chi connectivity index (χ3v) is 5.86. The van der Waals surface area contributed by atoms with Gasteiger partial charge in [-0.15, -0.1) is 0 Å². The van der Waals surface area contributed by atoms with Gasteiger partial charge in [0, 0.05) is 24.0 Å². The van der Waals surface area contributed by atoms with Crippen LogP contribution in [0.15, 0.2) is 24.3 Å². The molecule has 1 aromatic carbocycles. The van der Waals surface area contributed by atoms with Gasteiger partial charge in [0.2, 0.25) is 0 Å². The second-order valence-electron chi connectivity index (χ2n) is 7.84. The van der Waals surface area contributed by atoms with E-state index in [2.05, 4.69) is 27.7 Å². The largest absolute Gasteiger partial charge is 0.455 e. The Morgan fingerprint density at radius 3 is 1.96 bits per heavy atom. The maximum Gasteiger partial charge on any atom is 0.338 e. The first kappa shape index (κ1) is 16.9. The van der Waals surface area contributed by atoms with Crippen LogP contribution in [-0.4, -0.2) is 16.5 Å². The average Bonchev–Trinajstić information content (AvgIpc) is 3.43. The number of nitro benzene ring substituents is 1. The summed E-state index contributed by atoms with van der Waals surface area (Å²) in [7, 11) is 0. The highest BCUT2D eigenvalue weighted by Crippen LogP contribution is 2.62. The van der Waals surface area contributed by atoms with E-state index in [1.165, 1.54) is 24.3 Å². The molecular weight excluding hydrogens is 306 g/mol. The molecule has 2 aliphatic rings. The van der Waals surface area contributed by atoms with E-state index in [-0.39, 0.29) is 17.6 Å². The molecule has 24 heavy (non-hydrogen) atoms. The third-order valence-electron chi connectivity index (χ3n) is 5.86. The van der Waals surface area contributed by atoms with Crippen LogP contribution < -0.4 is 0 Å². The summed E-state index contributed by atoms with van der Waals surface area (Å²) in [5.74, 6) is 1.92. The molecular formula is C19H25NO4. The van der Waals surface area contributed by atoms with Crippen molar-refractivity contribution < 1.29 is 14.5 Å². The summed E-state index contributed by atoms with van der Waals surface area (Å²) in [4.78, 5) is 23.0. The number of nitro groups is 1. The Kier molecular flexibility index (Phi) is 4.14. The topological polar surface area (TPSA) is 69.4 Å². The molecule has 3 rings (SSSR count). The van der Waals surface area contributed by atoms with Crippen LogP contribution in [0.25, 0.3) is 0 Å². The molecule has 4 atom stereocenters. The Balaban J connectivity index is 1.84. The highest BCUT2D eigenvalue weighted by atomic mass is 16.6. The van der Waals surface area contributed by atoms with Crippen molar-refractivity contribution in [3.8, 4) is 0 Å². The number of non-ortho nitro benzene ring substituents is 1. The van der Waals surface area contributed by atoms with Gasteiger partial charge in [-0.25, -0.2) is 4.79 Å². The van der Waals surface area contributed by atoms with Crippen molar-refractivity contribution in [1.82, 2.24) is 0 Å². The second kappa shape index (κ2) is 5.87. The van der Waals surface area contributed by atoms with Gasteiger partial charge in [0.1, 0.15) is 5.60 Å². The van der Waals surface area contributed by atoms with Gasteiger partial charge < -0.3 is 4.74 Å². The third kappa shape index (κ3) is 2.80. The molecule has 0 bridgehead atoms. The molecule has 0 heterocycles. The lowest BCUT2D eigenvalue weighted by atomic mass is 9.79. The van der Waals surface area contributed by atoms with Crippen LogP contribution >= 0.6 is 0 Å². The van der Waals surface area contributed by atoms with Crippen molar-refractivity contribution >= 4 is 11.7 Å². The Hall–Kier alpha value is -1.91. The minimum atomic E-state index is -0.467. The number of benzene rings is 1. The van der Waals surface area contributed by atoms with Gasteiger partial charge in [0.15, 0.2) is 0 Å². The van der Waals surface area contributed by atoms with E-state index in [1.54, 1.807) is 0 Å². The number of carbonyl (C=O) groups is 1. The van der Waals surface area contributed by atoms with Gasteiger partial charge in [0.05, 0.1) is 10.5 Å². The van der Waals surface area contributed by atoms with Crippen LogP contribution in [0.1, 0.15) is 50.9 Å². The normalized spacial score (nSPS) is 30.5. The van der Waals surface area contributed by atoms with Gasteiger partial charge in [-0.2, -0.15) is 0 Å². The molecule has 0 N–H and O–H groups in total. The fraction of sp³-hybridized carbons (Fsp3) is 0.632. The first-order valence-corrected chi connectivity index (χ1v) is 8.75. The van der Waals surface area contributed by atoms with Gasteiger partial charge in [0.25, 0.3) is 5.69 Å². The van der Waals surface area contributed by atoms with Crippen LogP contribution in [0, 0.1) is 39.7 Å². The average molecular weight is 331 g/mol. The zero-order valence-corrected chi connectivity index (χ0v) is 14.7. The SMILES string of the molecule is CC1CC1C(OC(=O)c1ccc([N+](=O)[O-])cc1)(C(C)C)C1CC1C. The zero-order valence-electron chi connectivity index (χ0n) is 14.7. The molecule has 0 aromatic heterocycles. The van der Waals surface area contributed by atoms with E-state index in [9.17, 15) is 14.9 Å². The van der Waals surface area contributed by atoms with Crippen molar-refractivity contribution in [3.63, 3.8) is 0 Å². The van der Waals surface area contributed by atoms with E-state index in [4.69, 9.17) is 4.74 Å².